The number of nitrogens with zero attached hydrogens (tertiary/aromatic N) is 4. The van der Waals surface area contributed by atoms with Crippen LogP contribution in [0.4, 0.5) is 5.69 Å². The summed E-state index contributed by atoms with van der Waals surface area (Å²) in [7, 11) is 1.65. The first kappa shape index (κ1) is 23.2. The summed E-state index contributed by atoms with van der Waals surface area (Å²) in [5.74, 6) is 0.586. The molecular weight excluding hydrogens is 436 g/mol. The summed E-state index contributed by atoms with van der Waals surface area (Å²) in [4.78, 5) is 37.6. The quantitative estimate of drug-likeness (QED) is 0.254. The molecule has 1 saturated heterocycles. The molecule has 1 fully saturated rings. The lowest BCUT2D eigenvalue weighted by atomic mass is 10.2. The number of thioether (sulfide) groups is 2. The number of methoxy groups -OCH3 is 1. The Balaban J connectivity index is 1.57. The highest BCUT2D eigenvalue weighted by Gasteiger charge is 2.23. The number of benzene rings is 1. The van der Waals surface area contributed by atoms with Crippen molar-refractivity contribution in [1.82, 2.24) is 14.9 Å². The van der Waals surface area contributed by atoms with Crippen LogP contribution >= 0.6 is 23.5 Å². The van der Waals surface area contributed by atoms with E-state index in [1.54, 1.807) is 14.0 Å². The number of anilines is 1. The van der Waals surface area contributed by atoms with Gasteiger partial charge in [0.25, 0.3) is 0 Å². The van der Waals surface area contributed by atoms with Gasteiger partial charge < -0.3 is 19.3 Å². The van der Waals surface area contributed by atoms with E-state index in [1.807, 2.05) is 35.4 Å². The molecule has 0 bridgehead atoms. The van der Waals surface area contributed by atoms with Crippen molar-refractivity contribution in [2.24, 2.45) is 0 Å². The van der Waals surface area contributed by atoms with Crippen molar-refractivity contribution in [3.05, 3.63) is 36.0 Å². The average molecular weight is 463 g/mol. The van der Waals surface area contributed by atoms with Gasteiger partial charge >= 0.3 is 5.97 Å². The van der Waals surface area contributed by atoms with Gasteiger partial charge in [0.1, 0.15) is 16.3 Å². The minimum absolute atomic E-state index is 0.0264. The first-order valence-corrected chi connectivity index (χ1v) is 12.1. The summed E-state index contributed by atoms with van der Waals surface area (Å²) in [6, 6.07) is 7.94. The van der Waals surface area contributed by atoms with Crippen LogP contribution < -0.4 is 9.64 Å². The van der Waals surface area contributed by atoms with E-state index >= 15 is 0 Å². The van der Waals surface area contributed by atoms with Crippen molar-refractivity contribution in [1.29, 1.82) is 0 Å². The fourth-order valence-corrected chi connectivity index (χ4v) is 4.42. The van der Waals surface area contributed by atoms with Gasteiger partial charge in [-0.15, -0.1) is 0 Å². The predicted molar refractivity (Wildman–Crippen MR) is 122 cm³/mol. The van der Waals surface area contributed by atoms with E-state index in [-0.39, 0.29) is 18.3 Å². The minimum atomic E-state index is -0.474. The Labute approximate surface area is 190 Å². The molecule has 1 aliphatic rings. The maximum Gasteiger partial charge on any atom is 0.342 e. The molecule has 10 heteroatoms. The maximum atomic E-state index is 12.8. The second kappa shape index (κ2) is 11.2. The lowest BCUT2D eigenvalue weighted by Gasteiger charge is -2.36. The lowest BCUT2D eigenvalue weighted by molar-refractivity contribution is -0.128. The molecule has 0 N–H and O–H groups in total. The molecule has 8 nitrogen and oxygen atoms in total. The number of piperazine rings is 1. The Morgan fingerprint density at radius 1 is 1.13 bits per heavy atom. The first-order valence-electron chi connectivity index (χ1n) is 9.93. The molecule has 0 spiro atoms. The van der Waals surface area contributed by atoms with E-state index in [0.29, 0.717) is 28.8 Å². The molecule has 0 aliphatic carbocycles. The lowest BCUT2D eigenvalue weighted by Crippen LogP contribution is -2.49. The molecule has 0 unspecified atom stereocenters. The summed E-state index contributed by atoms with van der Waals surface area (Å²) >= 11 is 2.63. The topological polar surface area (TPSA) is 84.9 Å². The molecule has 3 rings (SSSR count). The molecule has 1 aliphatic heterocycles. The highest BCUT2D eigenvalue weighted by molar-refractivity contribution is 8.00. The van der Waals surface area contributed by atoms with Crippen LogP contribution in [0.5, 0.6) is 5.75 Å². The number of esters is 1. The van der Waals surface area contributed by atoms with Crippen LogP contribution in [-0.2, 0) is 9.53 Å². The molecule has 1 aromatic carbocycles. The highest BCUT2D eigenvalue weighted by Crippen LogP contribution is 2.25. The van der Waals surface area contributed by atoms with Crippen LogP contribution in [0.15, 0.2) is 40.6 Å². The van der Waals surface area contributed by atoms with E-state index in [0.717, 1.165) is 24.5 Å². The molecule has 2 aromatic rings. The predicted octanol–water partition coefficient (Wildman–Crippen LogP) is 2.82. The average Bonchev–Trinajstić information content (AvgIpc) is 2.82. The summed E-state index contributed by atoms with van der Waals surface area (Å²) in [5.41, 5.74) is 1.41. The molecule has 0 saturated carbocycles. The molecule has 1 aromatic heterocycles. The minimum Gasteiger partial charge on any atom is -0.497 e. The van der Waals surface area contributed by atoms with Gasteiger partial charge in [0.15, 0.2) is 5.16 Å². The van der Waals surface area contributed by atoms with Crippen LogP contribution in [0.1, 0.15) is 17.3 Å². The van der Waals surface area contributed by atoms with E-state index in [2.05, 4.69) is 14.9 Å². The Kier molecular flexibility index (Phi) is 8.42. The van der Waals surface area contributed by atoms with Crippen molar-refractivity contribution in [2.45, 2.75) is 17.1 Å². The number of hydrogen-bond donors (Lipinski definition) is 0. The fourth-order valence-electron chi connectivity index (χ4n) is 3.14. The number of ether oxygens (including phenoxy) is 2. The van der Waals surface area contributed by atoms with Gasteiger partial charge in [0, 0.05) is 38.1 Å². The van der Waals surface area contributed by atoms with Gasteiger partial charge in [0.05, 0.1) is 19.5 Å². The highest BCUT2D eigenvalue weighted by atomic mass is 32.2. The number of hydrogen-bond acceptors (Lipinski definition) is 9. The fraction of sp³-hybridized carbons (Fsp3) is 0.429. The van der Waals surface area contributed by atoms with Gasteiger partial charge in [-0.05, 0) is 37.4 Å². The van der Waals surface area contributed by atoms with E-state index in [9.17, 15) is 9.59 Å². The monoisotopic (exact) mass is 462 g/mol. The zero-order chi connectivity index (χ0) is 22.2. The number of rotatable bonds is 8. The van der Waals surface area contributed by atoms with Gasteiger partial charge in [-0.25, -0.2) is 14.8 Å². The Hall–Kier alpha value is -2.46. The third-order valence-corrected chi connectivity index (χ3v) is 6.35. The smallest absolute Gasteiger partial charge is 0.342 e. The first-order chi connectivity index (χ1) is 15.0. The SMILES string of the molecule is CCOC(=O)c1cnc(SC)nc1SCC(=O)N1CCN(c2ccc(OC)cc2)CC1. The second-order valence-electron chi connectivity index (χ2n) is 6.65. The summed E-state index contributed by atoms with van der Waals surface area (Å²) in [5, 5.41) is 1.03. The Morgan fingerprint density at radius 2 is 1.84 bits per heavy atom. The third kappa shape index (κ3) is 6.04. The number of carbonyl (C=O) groups excluding carboxylic acids is 2. The van der Waals surface area contributed by atoms with E-state index < -0.39 is 5.97 Å². The normalized spacial score (nSPS) is 13.8. The van der Waals surface area contributed by atoms with Gasteiger partial charge in [-0.3, -0.25) is 4.79 Å². The van der Waals surface area contributed by atoms with Crippen LogP contribution in [-0.4, -0.2) is 78.6 Å². The van der Waals surface area contributed by atoms with Crippen molar-refractivity contribution in [3.8, 4) is 5.75 Å². The molecular formula is C21H26N4O4S2. The maximum absolute atomic E-state index is 12.8. The molecule has 0 radical (unpaired) electrons. The summed E-state index contributed by atoms with van der Waals surface area (Å²) in [6.07, 6.45) is 3.33. The summed E-state index contributed by atoms with van der Waals surface area (Å²) < 4.78 is 10.3. The van der Waals surface area contributed by atoms with Gasteiger partial charge in [-0.1, -0.05) is 23.5 Å². The van der Waals surface area contributed by atoms with Gasteiger partial charge in [-0.2, -0.15) is 0 Å². The van der Waals surface area contributed by atoms with Crippen molar-refractivity contribution >= 4 is 41.1 Å². The molecule has 0 atom stereocenters. The Bertz CT molecular complexity index is 903. The molecule has 2 heterocycles. The molecule has 31 heavy (non-hydrogen) atoms. The van der Waals surface area contributed by atoms with Crippen LogP contribution in [0.3, 0.4) is 0 Å². The number of amides is 1. The van der Waals surface area contributed by atoms with Crippen LogP contribution in [0.25, 0.3) is 0 Å². The second-order valence-corrected chi connectivity index (χ2v) is 8.39. The Morgan fingerprint density at radius 3 is 2.45 bits per heavy atom. The zero-order valence-corrected chi connectivity index (χ0v) is 19.5. The zero-order valence-electron chi connectivity index (χ0n) is 17.9. The largest absolute Gasteiger partial charge is 0.497 e. The molecule has 1 amide bonds. The van der Waals surface area contributed by atoms with E-state index in [1.165, 1.54) is 29.7 Å². The van der Waals surface area contributed by atoms with Gasteiger partial charge in [0.2, 0.25) is 5.91 Å². The van der Waals surface area contributed by atoms with Crippen molar-refractivity contribution < 1.29 is 19.1 Å². The van der Waals surface area contributed by atoms with Crippen LogP contribution in [0, 0.1) is 0 Å². The third-order valence-electron chi connectivity index (χ3n) is 4.81. The van der Waals surface area contributed by atoms with Crippen LogP contribution in [0.2, 0.25) is 0 Å². The van der Waals surface area contributed by atoms with Crippen molar-refractivity contribution in [2.75, 3.05) is 56.8 Å². The standard InChI is InChI=1S/C21H26N4O4S2/c1-4-29-20(27)17-13-22-21(30-3)23-19(17)31-14-18(26)25-11-9-24(10-12-25)15-5-7-16(28-2)8-6-15/h5-8,13H,4,9-12,14H2,1-3H3. The number of carbonyl (C=O) groups is 2. The van der Waals surface area contributed by atoms with E-state index in [4.69, 9.17) is 9.47 Å². The molecule has 166 valence electrons. The summed E-state index contributed by atoms with van der Waals surface area (Å²) in [6.45, 7) is 4.84. The number of aromatic nitrogens is 2. The van der Waals surface area contributed by atoms with Crippen molar-refractivity contribution in [3.63, 3.8) is 0 Å².